The minimum Gasteiger partial charge on any atom is -0.481 e. The van der Waals surface area contributed by atoms with Gasteiger partial charge in [-0.25, -0.2) is 0 Å². The van der Waals surface area contributed by atoms with Gasteiger partial charge in [0.05, 0.1) is 11.8 Å². The van der Waals surface area contributed by atoms with Gasteiger partial charge in [0.2, 0.25) is 5.91 Å². The highest BCUT2D eigenvalue weighted by molar-refractivity contribution is 5.84. The number of hydrogen-bond donors (Lipinski definition) is 1. The molecule has 0 aromatic heterocycles. The zero-order chi connectivity index (χ0) is 13.8. The van der Waals surface area contributed by atoms with E-state index in [2.05, 4.69) is 0 Å². The molecule has 2 atom stereocenters. The molecule has 0 aromatic rings. The second kappa shape index (κ2) is 6.40. The van der Waals surface area contributed by atoms with Crippen LogP contribution in [0.15, 0.2) is 0 Å². The Morgan fingerprint density at radius 3 is 2.11 bits per heavy atom. The lowest BCUT2D eigenvalue weighted by Crippen LogP contribution is -2.42. The first-order valence-electron chi connectivity index (χ1n) is 7.57. The molecule has 2 rings (SSSR count). The minimum absolute atomic E-state index is 0.0546. The second-order valence-corrected chi connectivity index (χ2v) is 6.20. The normalized spacial score (nSPS) is 28.3. The minimum atomic E-state index is -0.799. The monoisotopic (exact) mass is 267 g/mol. The predicted molar refractivity (Wildman–Crippen MR) is 72.7 cm³/mol. The lowest BCUT2D eigenvalue weighted by atomic mass is 9.78. The first-order valence-corrected chi connectivity index (χ1v) is 7.57. The van der Waals surface area contributed by atoms with E-state index in [1.807, 2.05) is 7.05 Å². The molecule has 2 saturated carbocycles. The largest absolute Gasteiger partial charge is 0.481 e. The van der Waals surface area contributed by atoms with Crippen LogP contribution < -0.4 is 0 Å². The molecule has 108 valence electrons. The van der Waals surface area contributed by atoms with Crippen LogP contribution in [-0.2, 0) is 9.59 Å². The average molecular weight is 267 g/mol. The number of nitrogens with zero attached hydrogens (tertiary/aromatic N) is 1. The van der Waals surface area contributed by atoms with Gasteiger partial charge in [0.1, 0.15) is 0 Å². The summed E-state index contributed by atoms with van der Waals surface area (Å²) in [5, 5.41) is 9.25. The summed E-state index contributed by atoms with van der Waals surface area (Å²) < 4.78 is 0. The molecule has 19 heavy (non-hydrogen) atoms. The van der Waals surface area contributed by atoms with Gasteiger partial charge in [-0.15, -0.1) is 0 Å². The van der Waals surface area contributed by atoms with Gasteiger partial charge in [0.15, 0.2) is 0 Å². The number of carboxylic acids is 1. The number of hydrogen-bond acceptors (Lipinski definition) is 2. The van der Waals surface area contributed by atoms with Crippen LogP contribution in [0.4, 0.5) is 0 Å². The maximum absolute atomic E-state index is 12.5. The Labute approximate surface area is 115 Å². The van der Waals surface area contributed by atoms with Gasteiger partial charge in [-0.3, -0.25) is 9.59 Å². The molecular weight excluding hydrogens is 242 g/mol. The van der Waals surface area contributed by atoms with Crippen molar-refractivity contribution >= 4 is 11.9 Å². The molecule has 0 saturated heterocycles. The molecule has 0 spiro atoms. The van der Waals surface area contributed by atoms with Crippen molar-refractivity contribution in [3.63, 3.8) is 0 Å². The van der Waals surface area contributed by atoms with E-state index in [9.17, 15) is 14.7 Å². The van der Waals surface area contributed by atoms with E-state index < -0.39 is 11.9 Å². The number of carbonyl (C=O) groups excluding carboxylic acids is 1. The fourth-order valence-electron chi connectivity index (χ4n) is 3.68. The number of rotatable bonds is 4. The molecule has 2 aliphatic carbocycles. The van der Waals surface area contributed by atoms with Gasteiger partial charge in [0.25, 0.3) is 0 Å². The number of aliphatic carboxylic acids is 1. The van der Waals surface area contributed by atoms with Crippen LogP contribution in [0.1, 0.15) is 51.4 Å². The Bertz CT molecular complexity index is 336. The first kappa shape index (κ1) is 14.4. The van der Waals surface area contributed by atoms with Crippen LogP contribution in [-0.4, -0.2) is 35.5 Å². The Morgan fingerprint density at radius 1 is 1.00 bits per heavy atom. The van der Waals surface area contributed by atoms with Crippen molar-refractivity contribution in [1.82, 2.24) is 4.90 Å². The molecule has 2 aliphatic rings. The summed E-state index contributed by atoms with van der Waals surface area (Å²) in [6.07, 6.45) is 8.29. The standard InChI is InChI=1S/C15H25NO3/c1-16(10-11-6-2-3-7-11)14(17)12-8-4-5-9-13(12)15(18)19/h11-13H,2-10H2,1H3,(H,18,19)/t12-,13+/m1/s1. The molecule has 4 nitrogen and oxygen atoms in total. The van der Waals surface area contributed by atoms with Crippen LogP contribution in [0.25, 0.3) is 0 Å². The second-order valence-electron chi connectivity index (χ2n) is 6.20. The molecule has 0 radical (unpaired) electrons. The molecule has 4 heteroatoms. The SMILES string of the molecule is CN(CC1CCCC1)C(=O)[C@@H]1CCCC[C@@H]1C(=O)O. The van der Waals surface area contributed by atoms with Crippen molar-refractivity contribution < 1.29 is 14.7 Å². The third-order valence-electron chi connectivity index (χ3n) is 4.78. The highest BCUT2D eigenvalue weighted by atomic mass is 16.4. The average Bonchev–Trinajstić information content (AvgIpc) is 2.90. The summed E-state index contributed by atoms with van der Waals surface area (Å²) in [6, 6.07) is 0. The summed E-state index contributed by atoms with van der Waals surface area (Å²) in [5.74, 6) is -0.878. The van der Waals surface area contributed by atoms with E-state index in [1.165, 1.54) is 25.7 Å². The van der Waals surface area contributed by atoms with E-state index in [4.69, 9.17) is 0 Å². The molecule has 0 aliphatic heterocycles. The lowest BCUT2D eigenvalue weighted by molar-refractivity contribution is -0.152. The number of carbonyl (C=O) groups is 2. The van der Waals surface area contributed by atoms with Crippen molar-refractivity contribution in [2.75, 3.05) is 13.6 Å². The summed E-state index contributed by atoms with van der Waals surface area (Å²) in [5.41, 5.74) is 0. The summed E-state index contributed by atoms with van der Waals surface area (Å²) in [6.45, 7) is 0.807. The van der Waals surface area contributed by atoms with Crippen LogP contribution in [0.2, 0.25) is 0 Å². The number of carboxylic acid groups (broad SMARTS) is 1. The van der Waals surface area contributed by atoms with Crippen molar-refractivity contribution in [2.45, 2.75) is 51.4 Å². The van der Waals surface area contributed by atoms with Gasteiger partial charge in [0, 0.05) is 13.6 Å². The Kier molecular flexibility index (Phi) is 4.83. The summed E-state index contributed by atoms with van der Waals surface area (Å²) in [4.78, 5) is 25.5. The number of amides is 1. The van der Waals surface area contributed by atoms with E-state index in [0.717, 1.165) is 25.8 Å². The third kappa shape index (κ3) is 3.48. The molecule has 0 unspecified atom stereocenters. The van der Waals surface area contributed by atoms with Crippen LogP contribution in [0.3, 0.4) is 0 Å². The molecule has 0 bridgehead atoms. The fraction of sp³-hybridized carbons (Fsp3) is 0.867. The fourth-order valence-corrected chi connectivity index (χ4v) is 3.68. The Balaban J connectivity index is 1.93. The molecule has 2 fully saturated rings. The van der Waals surface area contributed by atoms with E-state index >= 15 is 0 Å². The van der Waals surface area contributed by atoms with Crippen molar-refractivity contribution in [2.24, 2.45) is 17.8 Å². The topological polar surface area (TPSA) is 57.6 Å². The molecule has 1 N–H and O–H groups in total. The molecule has 1 amide bonds. The Morgan fingerprint density at radius 2 is 1.53 bits per heavy atom. The third-order valence-corrected chi connectivity index (χ3v) is 4.78. The zero-order valence-electron chi connectivity index (χ0n) is 11.8. The predicted octanol–water partition coefficient (Wildman–Crippen LogP) is 2.53. The van der Waals surface area contributed by atoms with Gasteiger partial charge < -0.3 is 10.0 Å². The highest BCUT2D eigenvalue weighted by Crippen LogP contribution is 2.32. The van der Waals surface area contributed by atoms with Gasteiger partial charge in [-0.1, -0.05) is 25.7 Å². The van der Waals surface area contributed by atoms with Gasteiger partial charge >= 0.3 is 5.97 Å². The van der Waals surface area contributed by atoms with Crippen molar-refractivity contribution in [1.29, 1.82) is 0 Å². The van der Waals surface area contributed by atoms with Crippen LogP contribution in [0, 0.1) is 17.8 Å². The van der Waals surface area contributed by atoms with Gasteiger partial charge in [-0.05, 0) is 31.6 Å². The molecule has 0 heterocycles. The van der Waals surface area contributed by atoms with Gasteiger partial charge in [-0.2, -0.15) is 0 Å². The highest BCUT2D eigenvalue weighted by Gasteiger charge is 2.37. The quantitative estimate of drug-likeness (QED) is 0.851. The smallest absolute Gasteiger partial charge is 0.307 e. The van der Waals surface area contributed by atoms with Crippen LogP contribution in [0.5, 0.6) is 0 Å². The van der Waals surface area contributed by atoms with Crippen molar-refractivity contribution in [3.8, 4) is 0 Å². The summed E-state index contributed by atoms with van der Waals surface area (Å²) in [7, 11) is 1.84. The molecule has 0 aromatic carbocycles. The van der Waals surface area contributed by atoms with E-state index in [1.54, 1.807) is 4.90 Å². The summed E-state index contributed by atoms with van der Waals surface area (Å²) >= 11 is 0. The van der Waals surface area contributed by atoms with E-state index in [0.29, 0.717) is 12.3 Å². The first-order chi connectivity index (χ1) is 9.09. The maximum Gasteiger partial charge on any atom is 0.307 e. The Hall–Kier alpha value is -1.06. The lowest BCUT2D eigenvalue weighted by Gasteiger charge is -2.32. The van der Waals surface area contributed by atoms with Crippen molar-refractivity contribution in [3.05, 3.63) is 0 Å². The zero-order valence-corrected chi connectivity index (χ0v) is 11.8. The maximum atomic E-state index is 12.5. The van der Waals surface area contributed by atoms with E-state index in [-0.39, 0.29) is 11.8 Å². The van der Waals surface area contributed by atoms with Crippen LogP contribution >= 0.6 is 0 Å². The molecular formula is C15H25NO3.